The number of hydrogen-bond donors (Lipinski definition) is 1. The zero-order chi connectivity index (χ0) is 15.2. The van der Waals surface area contributed by atoms with Crippen LogP contribution < -0.4 is 10.5 Å². The quantitative estimate of drug-likeness (QED) is 0.867. The smallest absolute Gasteiger partial charge is 0.123 e. The minimum Gasteiger partial charge on any atom is -0.496 e. The van der Waals surface area contributed by atoms with Gasteiger partial charge in [-0.15, -0.1) is 0 Å². The predicted molar refractivity (Wildman–Crippen MR) is 90.2 cm³/mol. The third-order valence-corrected chi connectivity index (χ3v) is 4.19. The number of hydrogen-bond acceptors (Lipinski definition) is 3. The molecule has 4 heteroatoms. The molecule has 0 amide bonds. The second kappa shape index (κ2) is 7.59. The van der Waals surface area contributed by atoms with Crippen LogP contribution in [-0.2, 0) is 19.6 Å². The van der Waals surface area contributed by atoms with E-state index >= 15 is 0 Å². The van der Waals surface area contributed by atoms with Crippen molar-refractivity contribution in [2.75, 3.05) is 14.2 Å². The van der Waals surface area contributed by atoms with Crippen LogP contribution in [0.15, 0.2) is 46.9 Å². The molecule has 2 rings (SSSR count). The fourth-order valence-electron chi connectivity index (χ4n) is 2.35. The summed E-state index contributed by atoms with van der Waals surface area (Å²) in [6, 6.07) is 14.4. The van der Waals surface area contributed by atoms with E-state index < -0.39 is 0 Å². The van der Waals surface area contributed by atoms with Gasteiger partial charge in [0.05, 0.1) is 7.11 Å². The van der Waals surface area contributed by atoms with Gasteiger partial charge in [-0.2, -0.15) is 0 Å². The van der Waals surface area contributed by atoms with Crippen LogP contribution in [0, 0.1) is 0 Å². The Kier molecular flexibility index (Phi) is 5.79. The highest BCUT2D eigenvalue weighted by molar-refractivity contribution is 9.10. The fourth-order valence-corrected chi connectivity index (χ4v) is 2.76. The normalized spacial score (nSPS) is 10.9. The largest absolute Gasteiger partial charge is 0.496 e. The Morgan fingerprint density at radius 2 is 1.81 bits per heavy atom. The maximum Gasteiger partial charge on any atom is 0.123 e. The highest BCUT2D eigenvalue weighted by Crippen LogP contribution is 2.23. The minimum absolute atomic E-state index is 0.547. The van der Waals surface area contributed by atoms with Crippen molar-refractivity contribution in [2.45, 2.75) is 19.6 Å². The van der Waals surface area contributed by atoms with Gasteiger partial charge in [-0.3, -0.25) is 4.90 Å². The van der Waals surface area contributed by atoms with E-state index in [9.17, 15) is 0 Å². The van der Waals surface area contributed by atoms with Crippen LogP contribution in [0.4, 0.5) is 0 Å². The molecule has 0 aromatic heterocycles. The molecule has 2 N–H and O–H groups in total. The van der Waals surface area contributed by atoms with E-state index in [2.05, 4.69) is 52.1 Å². The first-order valence-electron chi connectivity index (χ1n) is 6.92. The van der Waals surface area contributed by atoms with E-state index in [1.54, 1.807) is 7.11 Å². The van der Waals surface area contributed by atoms with Gasteiger partial charge in [-0.05, 0) is 36.4 Å². The number of ether oxygens (including phenoxy) is 1. The molecular weight excluding hydrogens is 328 g/mol. The molecule has 0 atom stereocenters. The van der Waals surface area contributed by atoms with Crippen LogP contribution in [0.3, 0.4) is 0 Å². The van der Waals surface area contributed by atoms with Gasteiger partial charge in [-0.25, -0.2) is 0 Å². The molecule has 0 spiro atoms. The van der Waals surface area contributed by atoms with Crippen LogP contribution in [0.25, 0.3) is 0 Å². The third kappa shape index (κ3) is 4.30. The Hall–Kier alpha value is -1.36. The molecule has 0 saturated heterocycles. The maximum absolute atomic E-state index is 5.72. The lowest BCUT2D eigenvalue weighted by atomic mass is 10.1. The molecule has 3 nitrogen and oxygen atoms in total. The molecule has 0 unspecified atom stereocenters. The number of methoxy groups -OCH3 is 1. The number of nitrogens with two attached hydrogens (primary N) is 1. The molecule has 0 bridgehead atoms. The van der Waals surface area contributed by atoms with Crippen molar-refractivity contribution in [1.29, 1.82) is 0 Å². The first-order chi connectivity index (χ1) is 10.1. The highest BCUT2D eigenvalue weighted by Gasteiger charge is 2.09. The van der Waals surface area contributed by atoms with Crippen molar-refractivity contribution >= 4 is 15.9 Å². The number of halogens is 1. The Balaban J connectivity index is 2.12. The summed E-state index contributed by atoms with van der Waals surface area (Å²) in [7, 11) is 3.81. The van der Waals surface area contributed by atoms with Crippen molar-refractivity contribution in [1.82, 2.24) is 4.90 Å². The lowest BCUT2D eigenvalue weighted by Crippen LogP contribution is -2.18. The first-order valence-corrected chi connectivity index (χ1v) is 7.71. The average molecular weight is 349 g/mol. The van der Waals surface area contributed by atoms with E-state index in [1.165, 1.54) is 5.56 Å². The summed E-state index contributed by atoms with van der Waals surface area (Å²) in [5.41, 5.74) is 9.28. The molecule has 21 heavy (non-hydrogen) atoms. The average Bonchev–Trinajstić information content (AvgIpc) is 2.49. The van der Waals surface area contributed by atoms with Gasteiger partial charge in [0, 0.05) is 29.7 Å². The van der Waals surface area contributed by atoms with Crippen LogP contribution in [0.5, 0.6) is 5.75 Å². The Bertz CT molecular complexity index is 601. The van der Waals surface area contributed by atoms with Crippen LogP contribution in [0.1, 0.15) is 16.7 Å². The first kappa shape index (κ1) is 16.0. The fraction of sp³-hybridized carbons (Fsp3) is 0.294. The molecular formula is C17H21BrN2O. The summed E-state index contributed by atoms with van der Waals surface area (Å²) < 4.78 is 6.58. The summed E-state index contributed by atoms with van der Waals surface area (Å²) in [4.78, 5) is 2.26. The number of rotatable bonds is 6. The van der Waals surface area contributed by atoms with Gasteiger partial charge in [0.2, 0.25) is 0 Å². The van der Waals surface area contributed by atoms with Gasteiger partial charge in [-0.1, -0.05) is 40.2 Å². The summed E-state index contributed by atoms with van der Waals surface area (Å²) in [5.74, 6) is 0.908. The Labute approximate surface area is 134 Å². The van der Waals surface area contributed by atoms with Gasteiger partial charge in [0.25, 0.3) is 0 Å². The lowest BCUT2D eigenvalue weighted by Gasteiger charge is -2.19. The lowest BCUT2D eigenvalue weighted by molar-refractivity contribution is 0.309. The number of benzene rings is 2. The van der Waals surface area contributed by atoms with E-state index in [4.69, 9.17) is 10.5 Å². The second-order valence-corrected chi connectivity index (χ2v) is 5.97. The van der Waals surface area contributed by atoms with E-state index in [0.717, 1.165) is 34.4 Å². The van der Waals surface area contributed by atoms with Crippen LogP contribution in [-0.4, -0.2) is 19.1 Å². The van der Waals surface area contributed by atoms with Gasteiger partial charge >= 0.3 is 0 Å². The summed E-state index contributed by atoms with van der Waals surface area (Å²) in [6.07, 6.45) is 0. The van der Waals surface area contributed by atoms with E-state index in [0.29, 0.717) is 6.54 Å². The maximum atomic E-state index is 5.72. The molecule has 0 heterocycles. The van der Waals surface area contributed by atoms with E-state index in [1.807, 2.05) is 18.2 Å². The van der Waals surface area contributed by atoms with Gasteiger partial charge in [0.1, 0.15) is 5.75 Å². The molecule has 112 valence electrons. The van der Waals surface area contributed by atoms with Crippen molar-refractivity contribution < 1.29 is 4.74 Å². The second-order valence-electron chi connectivity index (χ2n) is 5.11. The molecule has 0 aliphatic heterocycles. The summed E-state index contributed by atoms with van der Waals surface area (Å²) in [6.45, 7) is 2.24. The molecule has 0 aliphatic carbocycles. The van der Waals surface area contributed by atoms with Crippen molar-refractivity contribution in [3.63, 3.8) is 0 Å². The molecule has 0 fully saturated rings. The molecule has 0 aliphatic rings. The SMILES string of the molecule is COc1ccc(CN)cc1CN(C)Cc1ccccc1Br. The van der Waals surface area contributed by atoms with Gasteiger partial charge < -0.3 is 10.5 Å². The topological polar surface area (TPSA) is 38.5 Å². The molecule has 2 aromatic rings. The van der Waals surface area contributed by atoms with Crippen LogP contribution >= 0.6 is 15.9 Å². The van der Waals surface area contributed by atoms with Crippen molar-refractivity contribution in [3.8, 4) is 5.75 Å². The summed E-state index contributed by atoms with van der Waals surface area (Å²) in [5, 5.41) is 0. The Morgan fingerprint density at radius 3 is 2.48 bits per heavy atom. The highest BCUT2D eigenvalue weighted by atomic mass is 79.9. The predicted octanol–water partition coefficient (Wildman–Crippen LogP) is 3.55. The monoisotopic (exact) mass is 348 g/mol. The Morgan fingerprint density at radius 1 is 1.10 bits per heavy atom. The summed E-state index contributed by atoms with van der Waals surface area (Å²) >= 11 is 3.59. The van der Waals surface area contributed by atoms with Crippen molar-refractivity contribution in [3.05, 3.63) is 63.6 Å². The third-order valence-electron chi connectivity index (χ3n) is 3.42. The molecule has 2 aromatic carbocycles. The molecule has 0 radical (unpaired) electrons. The molecule has 0 saturated carbocycles. The van der Waals surface area contributed by atoms with E-state index in [-0.39, 0.29) is 0 Å². The minimum atomic E-state index is 0.547. The standard InChI is InChI=1S/C17H21BrN2O/c1-20(11-14-5-3-4-6-16(14)18)12-15-9-13(10-19)7-8-17(15)21-2/h3-9H,10-12,19H2,1-2H3. The number of nitrogens with zero attached hydrogens (tertiary/aromatic N) is 1. The van der Waals surface area contributed by atoms with Crippen molar-refractivity contribution in [2.24, 2.45) is 5.73 Å². The van der Waals surface area contributed by atoms with Gasteiger partial charge in [0.15, 0.2) is 0 Å². The zero-order valence-electron chi connectivity index (χ0n) is 12.5. The zero-order valence-corrected chi connectivity index (χ0v) is 14.1. The van der Waals surface area contributed by atoms with Crippen LogP contribution in [0.2, 0.25) is 0 Å².